The molecule has 8 heteroatoms. The van der Waals surface area contributed by atoms with E-state index in [1.807, 2.05) is 20.8 Å². The van der Waals surface area contributed by atoms with Crippen molar-refractivity contribution in [2.45, 2.75) is 58.3 Å². The fourth-order valence-corrected chi connectivity index (χ4v) is 3.37. The van der Waals surface area contributed by atoms with Crippen LogP contribution in [0.25, 0.3) is 0 Å². The number of benzene rings is 1. The highest BCUT2D eigenvalue weighted by atomic mass is 35.5. The molecule has 2 rings (SSSR count). The van der Waals surface area contributed by atoms with Crippen LogP contribution < -0.4 is 10.1 Å². The number of carbonyl (C=O) groups excluding carboxylic acids is 2. The highest BCUT2D eigenvalue weighted by Crippen LogP contribution is 2.33. The van der Waals surface area contributed by atoms with Crippen LogP contribution in [0.1, 0.15) is 40.5 Å². The Kier molecular flexibility index (Phi) is 7.59. The summed E-state index contributed by atoms with van der Waals surface area (Å²) in [5.41, 5.74) is -0.564. The van der Waals surface area contributed by atoms with Crippen LogP contribution in [0.4, 0.5) is 0 Å². The van der Waals surface area contributed by atoms with Gasteiger partial charge in [-0.15, -0.1) is 0 Å². The van der Waals surface area contributed by atoms with Crippen LogP contribution in [0, 0.1) is 11.8 Å². The Balaban J connectivity index is 1.83. The molecule has 1 aromatic carbocycles. The first-order valence-corrected chi connectivity index (χ1v) is 10.0. The van der Waals surface area contributed by atoms with Crippen molar-refractivity contribution in [2.75, 3.05) is 6.54 Å². The molecule has 0 bridgehead atoms. The maximum absolute atomic E-state index is 12.3. The zero-order valence-electron chi connectivity index (χ0n) is 16.5. The van der Waals surface area contributed by atoms with Crippen LogP contribution >= 0.6 is 23.2 Å². The lowest BCUT2D eigenvalue weighted by atomic mass is 10.0. The summed E-state index contributed by atoms with van der Waals surface area (Å²) in [6, 6.07) is 4.76. The second kappa shape index (κ2) is 9.33. The summed E-state index contributed by atoms with van der Waals surface area (Å²) in [7, 11) is 0. The number of esters is 1. The summed E-state index contributed by atoms with van der Waals surface area (Å²) in [5.74, 6) is -0.765. The first-order chi connectivity index (χ1) is 13.0. The molecular formula is C20H27Cl2NO5. The Morgan fingerprint density at radius 2 is 1.93 bits per heavy atom. The van der Waals surface area contributed by atoms with E-state index in [0.29, 0.717) is 28.6 Å². The van der Waals surface area contributed by atoms with E-state index in [-0.39, 0.29) is 30.3 Å². The first kappa shape index (κ1) is 22.8. The van der Waals surface area contributed by atoms with Gasteiger partial charge in [-0.05, 0) is 52.7 Å². The molecule has 0 saturated heterocycles. The molecule has 0 heterocycles. The van der Waals surface area contributed by atoms with Gasteiger partial charge >= 0.3 is 5.97 Å². The van der Waals surface area contributed by atoms with Gasteiger partial charge in [0, 0.05) is 18.5 Å². The zero-order chi connectivity index (χ0) is 21.1. The van der Waals surface area contributed by atoms with Crippen molar-refractivity contribution in [3.63, 3.8) is 0 Å². The first-order valence-electron chi connectivity index (χ1n) is 9.26. The molecule has 1 fully saturated rings. The Hall–Kier alpha value is -1.50. The summed E-state index contributed by atoms with van der Waals surface area (Å²) in [5, 5.41) is 13.8. The van der Waals surface area contributed by atoms with Crippen molar-refractivity contribution < 1.29 is 24.2 Å². The fraction of sp³-hybridized carbons (Fsp3) is 0.600. The lowest BCUT2D eigenvalue weighted by Gasteiger charge is -2.22. The monoisotopic (exact) mass is 431 g/mol. The van der Waals surface area contributed by atoms with E-state index in [4.69, 9.17) is 32.7 Å². The fourth-order valence-electron chi connectivity index (χ4n) is 3.08. The molecule has 1 aliphatic carbocycles. The minimum absolute atomic E-state index is 0.210. The van der Waals surface area contributed by atoms with E-state index in [9.17, 15) is 14.7 Å². The topological polar surface area (TPSA) is 84.9 Å². The van der Waals surface area contributed by atoms with Crippen LogP contribution in [0.3, 0.4) is 0 Å². The van der Waals surface area contributed by atoms with Gasteiger partial charge in [-0.1, -0.05) is 23.2 Å². The third kappa shape index (κ3) is 6.54. The van der Waals surface area contributed by atoms with E-state index in [2.05, 4.69) is 5.32 Å². The lowest BCUT2D eigenvalue weighted by Crippen LogP contribution is -2.40. The van der Waals surface area contributed by atoms with Crippen molar-refractivity contribution in [1.29, 1.82) is 0 Å². The second-order valence-electron chi connectivity index (χ2n) is 8.11. The summed E-state index contributed by atoms with van der Waals surface area (Å²) >= 11 is 11.8. The van der Waals surface area contributed by atoms with E-state index >= 15 is 0 Å². The van der Waals surface area contributed by atoms with Crippen LogP contribution in [0.15, 0.2) is 18.2 Å². The minimum Gasteiger partial charge on any atom is -0.481 e. The van der Waals surface area contributed by atoms with E-state index in [1.54, 1.807) is 25.1 Å². The van der Waals surface area contributed by atoms with Crippen molar-refractivity contribution >= 4 is 35.1 Å². The summed E-state index contributed by atoms with van der Waals surface area (Å²) in [6.07, 6.45) is -0.607. The minimum atomic E-state index is -0.752. The number of ether oxygens (including phenoxy) is 2. The molecule has 1 aromatic rings. The van der Waals surface area contributed by atoms with Gasteiger partial charge in [0.2, 0.25) is 0 Å². The molecule has 1 saturated carbocycles. The van der Waals surface area contributed by atoms with Gasteiger partial charge in [-0.2, -0.15) is 0 Å². The molecule has 1 amide bonds. The van der Waals surface area contributed by atoms with Crippen molar-refractivity contribution in [3.05, 3.63) is 28.2 Å². The van der Waals surface area contributed by atoms with Crippen molar-refractivity contribution in [1.82, 2.24) is 5.32 Å². The maximum Gasteiger partial charge on any atom is 0.309 e. The number of halogens is 2. The van der Waals surface area contributed by atoms with Crippen LogP contribution in [-0.4, -0.2) is 41.3 Å². The largest absolute Gasteiger partial charge is 0.481 e. The predicted molar refractivity (Wildman–Crippen MR) is 108 cm³/mol. The number of hydrogen-bond donors (Lipinski definition) is 2. The van der Waals surface area contributed by atoms with Crippen LogP contribution in [-0.2, 0) is 14.3 Å². The zero-order valence-corrected chi connectivity index (χ0v) is 18.0. The molecule has 0 aromatic heterocycles. The van der Waals surface area contributed by atoms with E-state index in [1.165, 1.54) is 0 Å². The summed E-state index contributed by atoms with van der Waals surface area (Å²) in [4.78, 5) is 24.5. The Morgan fingerprint density at radius 1 is 1.25 bits per heavy atom. The molecule has 1 aliphatic rings. The Bertz CT molecular complexity index is 719. The molecular weight excluding hydrogens is 405 g/mol. The number of hydrogen-bond acceptors (Lipinski definition) is 5. The van der Waals surface area contributed by atoms with Gasteiger partial charge in [0.1, 0.15) is 11.4 Å². The molecule has 156 valence electrons. The normalized spacial score (nSPS) is 23.2. The molecule has 4 atom stereocenters. The third-order valence-electron chi connectivity index (χ3n) is 4.51. The molecule has 28 heavy (non-hydrogen) atoms. The molecule has 0 radical (unpaired) electrons. The molecule has 0 spiro atoms. The number of aliphatic hydroxyl groups is 1. The van der Waals surface area contributed by atoms with E-state index in [0.717, 1.165) is 0 Å². The smallest absolute Gasteiger partial charge is 0.309 e. The van der Waals surface area contributed by atoms with Gasteiger partial charge in [0.15, 0.2) is 6.10 Å². The average Bonchev–Trinajstić information content (AvgIpc) is 2.95. The van der Waals surface area contributed by atoms with Gasteiger partial charge in [0.05, 0.1) is 22.1 Å². The maximum atomic E-state index is 12.3. The van der Waals surface area contributed by atoms with Crippen molar-refractivity contribution in [3.8, 4) is 5.75 Å². The van der Waals surface area contributed by atoms with Crippen molar-refractivity contribution in [2.24, 2.45) is 11.8 Å². The number of aliphatic hydroxyl groups excluding tert-OH is 1. The highest BCUT2D eigenvalue weighted by molar-refractivity contribution is 6.42. The Morgan fingerprint density at radius 3 is 2.54 bits per heavy atom. The van der Waals surface area contributed by atoms with Gasteiger partial charge in [0.25, 0.3) is 5.91 Å². The quantitative estimate of drug-likeness (QED) is 0.671. The molecule has 0 unspecified atom stereocenters. The molecule has 0 aliphatic heterocycles. The van der Waals surface area contributed by atoms with Crippen LogP contribution in [0.5, 0.6) is 5.75 Å². The Labute approximate surface area is 175 Å². The summed E-state index contributed by atoms with van der Waals surface area (Å²) in [6.45, 7) is 7.30. The number of nitrogens with one attached hydrogen (secondary N) is 1. The molecule has 6 nitrogen and oxygen atoms in total. The van der Waals surface area contributed by atoms with Crippen LogP contribution in [0.2, 0.25) is 10.0 Å². The van der Waals surface area contributed by atoms with Gasteiger partial charge in [-0.25, -0.2) is 0 Å². The highest BCUT2D eigenvalue weighted by Gasteiger charge is 2.39. The number of rotatable bonds is 6. The SMILES string of the molecule is C[C@H](Oc1ccc(Cl)c(Cl)c1)C(=O)NC[C@@H]1C[C@@H](C(=O)OC(C)(C)C)C[C@H]1O. The summed E-state index contributed by atoms with van der Waals surface area (Å²) < 4.78 is 11.0. The standard InChI is InChI=1S/C20H27Cl2NO5/c1-11(27-14-5-6-15(21)16(22)9-14)18(25)23-10-13-7-12(8-17(13)24)19(26)28-20(2,3)4/h5-6,9,11-13,17,24H,7-8,10H2,1-4H3,(H,23,25)/t11-,12+,13-,17+/m0/s1. The second-order valence-corrected chi connectivity index (χ2v) is 8.92. The third-order valence-corrected chi connectivity index (χ3v) is 5.25. The average molecular weight is 432 g/mol. The molecule has 2 N–H and O–H groups in total. The number of amides is 1. The van der Waals surface area contributed by atoms with E-state index < -0.39 is 17.8 Å². The number of carbonyl (C=O) groups is 2. The predicted octanol–water partition coefficient (Wildman–Crippen LogP) is 3.61. The van der Waals surface area contributed by atoms with Gasteiger partial charge in [-0.3, -0.25) is 9.59 Å². The van der Waals surface area contributed by atoms with Gasteiger partial charge < -0.3 is 19.9 Å². The lowest BCUT2D eigenvalue weighted by molar-refractivity contribution is -0.160.